The van der Waals surface area contributed by atoms with E-state index >= 15 is 0 Å². The van der Waals surface area contributed by atoms with Crippen LogP contribution in [0.5, 0.6) is 0 Å². The van der Waals surface area contributed by atoms with Gasteiger partial charge >= 0.3 is 0 Å². The lowest BCUT2D eigenvalue weighted by Gasteiger charge is -2.27. The highest BCUT2D eigenvalue weighted by atomic mass is 35.5. The van der Waals surface area contributed by atoms with Gasteiger partial charge in [0.1, 0.15) is 5.82 Å². The van der Waals surface area contributed by atoms with Crippen molar-refractivity contribution in [3.05, 3.63) is 63.9 Å². The Labute approximate surface area is 182 Å². The van der Waals surface area contributed by atoms with Gasteiger partial charge in [0.25, 0.3) is 0 Å². The van der Waals surface area contributed by atoms with E-state index in [-0.39, 0.29) is 22.8 Å². The summed E-state index contributed by atoms with van der Waals surface area (Å²) in [5, 5.41) is 0.569. The highest BCUT2D eigenvalue weighted by Crippen LogP contribution is 2.48. The number of carbonyl (C=O) groups excluding carboxylic acids is 3. The lowest BCUT2D eigenvalue weighted by Crippen LogP contribution is -2.46. The topological polar surface area (TPSA) is 57.7 Å². The van der Waals surface area contributed by atoms with E-state index in [0.29, 0.717) is 22.8 Å². The van der Waals surface area contributed by atoms with E-state index in [1.165, 1.54) is 36.4 Å². The van der Waals surface area contributed by atoms with E-state index in [1.807, 2.05) is 4.90 Å². The molecule has 3 saturated heterocycles. The van der Waals surface area contributed by atoms with Gasteiger partial charge in [-0.15, -0.1) is 0 Å². The molecule has 3 heterocycles. The largest absolute Gasteiger partial charge is 0.292 e. The second-order valence-corrected chi connectivity index (χ2v) is 8.74. The van der Waals surface area contributed by atoms with E-state index in [1.54, 1.807) is 6.07 Å². The van der Waals surface area contributed by atoms with Crippen molar-refractivity contribution in [3.63, 3.8) is 0 Å². The van der Waals surface area contributed by atoms with Crippen molar-refractivity contribution in [1.82, 2.24) is 4.90 Å². The van der Waals surface area contributed by atoms with Crippen LogP contribution >= 0.6 is 23.2 Å². The lowest BCUT2D eigenvalue weighted by molar-refractivity contribution is -0.123. The maximum atomic E-state index is 13.4. The van der Waals surface area contributed by atoms with E-state index in [2.05, 4.69) is 0 Å². The molecule has 0 N–H and O–H groups in total. The standard InChI is InChI=1S/C22H17Cl2FN2O3/c23-14-8-7-13(10-15(14)24)27-21(29)17-16-2-1-9-26(16)19(18(17)22(27)30)20(28)11-3-5-12(25)6-4-11/h3-8,10,16-19H,1-2,9H2. The smallest absolute Gasteiger partial charge is 0.239 e. The van der Waals surface area contributed by atoms with Crippen molar-refractivity contribution in [2.24, 2.45) is 11.8 Å². The molecule has 0 saturated carbocycles. The quantitative estimate of drug-likeness (QED) is 0.528. The van der Waals surface area contributed by atoms with Gasteiger partial charge in [0.2, 0.25) is 11.8 Å². The summed E-state index contributed by atoms with van der Waals surface area (Å²) in [5.41, 5.74) is 0.687. The summed E-state index contributed by atoms with van der Waals surface area (Å²) >= 11 is 12.1. The number of benzene rings is 2. The number of fused-ring (bicyclic) bond motifs is 3. The number of Topliss-reactive ketones (excluding diaryl/α,β-unsaturated/α-hetero) is 1. The van der Waals surface area contributed by atoms with Gasteiger partial charge in [-0.1, -0.05) is 23.2 Å². The highest BCUT2D eigenvalue weighted by Gasteiger charge is 2.64. The van der Waals surface area contributed by atoms with Gasteiger partial charge in [0.15, 0.2) is 5.78 Å². The Morgan fingerprint density at radius 2 is 1.67 bits per heavy atom. The summed E-state index contributed by atoms with van der Waals surface area (Å²) in [6, 6.07) is 9.01. The fourth-order valence-corrected chi connectivity index (χ4v) is 5.47. The number of anilines is 1. The van der Waals surface area contributed by atoms with Gasteiger partial charge in [0.05, 0.1) is 33.6 Å². The van der Waals surface area contributed by atoms with Gasteiger partial charge in [-0.3, -0.25) is 19.3 Å². The van der Waals surface area contributed by atoms with E-state index < -0.39 is 29.6 Å². The Balaban J connectivity index is 1.55. The summed E-state index contributed by atoms with van der Waals surface area (Å²) in [6.45, 7) is 0.655. The van der Waals surface area contributed by atoms with Gasteiger partial charge in [-0.05, 0) is 61.9 Å². The number of hydrogen-bond donors (Lipinski definition) is 0. The molecule has 2 amide bonds. The molecule has 0 aliphatic carbocycles. The highest BCUT2D eigenvalue weighted by molar-refractivity contribution is 6.42. The number of rotatable bonds is 3. The fourth-order valence-electron chi connectivity index (χ4n) is 5.18. The summed E-state index contributed by atoms with van der Waals surface area (Å²) < 4.78 is 13.3. The van der Waals surface area contributed by atoms with Crippen molar-refractivity contribution < 1.29 is 18.8 Å². The first-order valence-electron chi connectivity index (χ1n) is 9.77. The Morgan fingerprint density at radius 1 is 0.967 bits per heavy atom. The molecule has 2 aromatic rings. The SMILES string of the molecule is O=C(c1ccc(F)cc1)C1C2C(=O)N(c3ccc(Cl)c(Cl)c3)C(=O)C2C2CCCN21. The lowest BCUT2D eigenvalue weighted by atomic mass is 9.85. The third-order valence-electron chi connectivity index (χ3n) is 6.41. The minimum absolute atomic E-state index is 0.159. The molecule has 0 bridgehead atoms. The monoisotopic (exact) mass is 446 g/mol. The van der Waals surface area contributed by atoms with Crippen LogP contribution in [0.1, 0.15) is 23.2 Å². The number of amides is 2. The first kappa shape index (κ1) is 19.7. The zero-order valence-electron chi connectivity index (χ0n) is 15.7. The second-order valence-electron chi connectivity index (χ2n) is 7.93. The molecular weight excluding hydrogens is 430 g/mol. The van der Waals surface area contributed by atoms with E-state index in [9.17, 15) is 18.8 Å². The number of nitrogens with zero attached hydrogens (tertiary/aromatic N) is 2. The molecule has 0 radical (unpaired) electrons. The minimum atomic E-state index is -0.769. The van der Waals surface area contributed by atoms with Crippen molar-refractivity contribution in [1.29, 1.82) is 0 Å². The van der Waals surface area contributed by atoms with Crippen LogP contribution in [0.4, 0.5) is 10.1 Å². The van der Waals surface area contributed by atoms with E-state index in [4.69, 9.17) is 23.2 Å². The molecule has 3 fully saturated rings. The first-order chi connectivity index (χ1) is 14.4. The summed E-state index contributed by atoms with van der Waals surface area (Å²) in [4.78, 5) is 43.2. The molecule has 3 aliphatic heterocycles. The molecule has 5 rings (SSSR count). The van der Waals surface area contributed by atoms with Gasteiger partial charge in [-0.25, -0.2) is 9.29 Å². The zero-order chi connectivity index (χ0) is 21.2. The van der Waals surface area contributed by atoms with Crippen LogP contribution in [-0.4, -0.2) is 41.1 Å². The maximum Gasteiger partial charge on any atom is 0.239 e. The van der Waals surface area contributed by atoms with Gasteiger partial charge < -0.3 is 0 Å². The molecule has 5 nitrogen and oxygen atoms in total. The molecule has 8 heteroatoms. The van der Waals surface area contributed by atoms with E-state index in [0.717, 1.165) is 17.7 Å². The Bertz CT molecular complexity index is 1070. The number of hydrogen-bond acceptors (Lipinski definition) is 4. The normalized spacial score (nSPS) is 28.2. The van der Waals surface area contributed by atoms with Gasteiger partial charge in [0, 0.05) is 11.6 Å². The van der Waals surface area contributed by atoms with Gasteiger partial charge in [-0.2, -0.15) is 0 Å². The van der Waals surface area contributed by atoms with Crippen LogP contribution in [0, 0.1) is 17.7 Å². The van der Waals surface area contributed by atoms with Crippen LogP contribution in [0.2, 0.25) is 10.0 Å². The molecule has 4 unspecified atom stereocenters. The fraction of sp³-hybridized carbons (Fsp3) is 0.318. The van der Waals surface area contributed by atoms with Crippen molar-refractivity contribution in [2.75, 3.05) is 11.4 Å². The number of carbonyl (C=O) groups is 3. The Kier molecular flexibility index (Phi) is 4.69. The zero-order valence-corrected chi connectivity index (χ0v) is 17.2. The molecular formula is C22H17Cl2FN2O3. The first-order valence-corrected chi connectivity index (χ1v) is 10.5. The maximum absolute atomic E-state index is 13.4. The van der Waals surface area contributed by atoms with Crippen LogP contribution in [0.25, 0.3) is 0 Å². The second kappa shape index (κ2) is 7.15. The molecule has 3 aliphatic rings. The summed E-state index contributed by atoms with van der Waals surface area (Å²) in [6.07, 6.45) is 1.61. The van der Waals surface area contributed by atoms with Crippen molar-refractivity contribution >= 4 is 46.5 Å². The van der Waals surface area contributed by atoms with Crippen LogP contribution < -0.4 is 4.90 Å². The average molecular weight is 447 g/mol. The molecule has 30 heavy (non-hydrogen) atoms. The molecule has 154 valence electrons. The Hall–Kier alpha value is -2.28. The molecule has 0 spiro atoms. The van der Waals surface area contributed by atoms with Crippen molar-refractivity contribution in [2.45, 2.75) is 24.9 Å². The third kappa shape index (κ3) is 2.82. The number of imide groups is 1. The molecule has 2 aromatic carbocycles. The predicted octanol–water partition coefficient (Wildman–Crippen LogP) is 3.97. The summed E-state index contributed by atoms with van der Waals surface area (Å²) in [5.74, 6) is -2.76. The average Bonchev–Trinajstić information content (AvgIpc) is 3.36. The predicted molar refractivity (Wildman–Crippen MR) is 110 cm³/mol. The minimum Gasteiger partial charge on any atom is -0.292 e. The van der Waals surface area contributed by atoms with Crippen LogP contribution in [0.15, 0.2) is 42.5 Å². The summed E-state index contributed by atoms with van der Waals surface area (Å²) in [7, 11) is 0. The molecule has 4 atom stereocenters. The van der Waals surface area contributed by atoms with Crippen LogP contribution in [0.3, 0.4) is 0 Å². The number of ketones is 1. The molecule has 0 aromatic heterocycles. The van der Waals surface area contributed by atoms with Crippen LogP contribution in [-0.2, 0) is 9.59 Å². The number of halogens is 3. The Morgan fingerprint density at radius 3 is 2.37 bits per heavy atom. The third-order valence-corrected chi connectivity index (χ3v) is 7.15. The van der Waals surface area contributed by atoms with Crippen molar-refractivity contribution in [3.8, 4) is 0 Å².